The quantitative estimate of drug-likeness (QED) is 0.799. The van der Waals surface area contributed by atoms with Crippen LogP contribution in [0.2, 0.25) is 5.02 Å². The summed E-state index contributed by atoms with van der Waals surface area (Å²) in [6.07, 6.45) is 0. The standard InChI is InChI=1S/C14H16ClFN6/c1-18-8-6-22(7-8)12-5-11(20-14(17)21-12)19-10-4-2-3-9(15)13(10)16/h2-5,8,18H,6-7H2,1H3,(H3,17,19,20,21). The summed E-state index contributed by atoms with van der Waals surface area (Å²) in [5.41, 5.74) is 5.98. The molecule has 0 aliphatic carbocycles. The minimum absolute atomic E-state index is 0.0480. The van der Waals surface area contributed by atoms with Gasteiger partial charge in [-0.05, 0) is 19.2 Å². The highest BCUT2D eigenvalue weighted by atomic mass is 35.5. The molecule has 0 amide bonds. The number of hydrogen-bond acceptors (Lipinski definition) is 6. The van der Waals surface area contributed by atoms with Crippen LogP contribution in [-0.2, 0) is 0 Å². The molecule has 22 heavy (non-hydrogen) atoms. The van der Waals surface area contributed by atoms with Crippen molar-refractivity contribution >= 4 is 34.9 Å². The van der Waals surface area contributed by atoms with Crippen LogP contribution >= 0.6 is 11.6 Å². The highest BCUT2D eigenvalue weighted by molar-refractivity contribution is 6.31. The molecule has 116 valence electrons. The summed E-state index contributed by atoms with van der Waals surface area (Å²) in [7, 11) is 1.92. The molecule has 1 aliphatic heterocycles. The van der Waals surface area contributed by atoms with E-state index in [0.29, 0.717) is 17.7 Å². The monoisotopic (exact) mass is 322 g/mol. The minimum Gasteiger partial charge on any atom is -0.368 e. The zero-order chi connectivity index (χ0) is 15.7. The van der Waals surface area contributed by atoms with Crippen LogP contribution in [0, 0.1) is 5.82 Å². The van der Waals surface area contributed by atoms with Crippen LogP contribution in [0.25, 0.3) is 0 Å². The molecular weight excluding hydrogens is 307 g/mol. The summed E-state index contributed by atoms with van der Waals surface area (Å²) < 4.78 is 13.9. The van der Waals surface area contributed by atoms with Crippen LogP contribution < -0.4 is 21.3 Å². The molecule has 0 bridgehead atoms. The maximum atomic E-state index is 13.9. The van der Waals surface area contributed by atoms with Crippen LogP contribution in [0.4, 0.5) is 27.7 Å². The largest absolute Gasteiger partial charge is 0.368 e. The first-order valence-corrected chi connectivity index (χ1v) is 7.22. The Morgan fingerprint density at radius 3 is 2.86 bits per heavy atom. The lowest BCUT2D eigenvalue weighted by Crippen LogP contribution is -2.57. The number of rotatable bonds is 4. The van der Waals surface area contributed by atoms with Crippen molar-refractivity contribution in [3.8, 4) is 0 Å². The number of halogens is 2. The third-order valence-electron chi connectivity index (χ3n) is 3.56. The van der Waals surface area contributed by atoms with Crippen molar-refractivity contribution in [3.63, 3.8) is 0 Å². The molecule has 4 N–H and O–H groups in total. The van der Waals surface area contributed by atoms with Crippen molar-refractivity contribution in [1.82, 2.24) is 15.3 Å². The van der Waals surface area contributed by atoms with E-state index in [1.807, 2.05) is 7.05 Å². The first-order chi connectivity index (χ1) is 10.6. The Labute approximate surface area is 132 Å². The third kappa shape index (κ3) is 2.90. The lowest BCUT2D eigenvalue weighted by atomic mass is 10.1. The van der Waals surface area contributed by atoms with Gasteiger partial charge in [-0.15, -0.1) is 0 Å². The van der Waals surface area contributed by atoms with Crippen LogP contribution in [0.15, 0.2) is 24.3 Å². The number of nitrogens with two attached hydrogens (primary N) is 1. The first kappa shape index (κ1) is 14.8. The second kappa shape index (κ2) is 5.94. The normalized spacial score (nSPS) is 14.8. The fourth-order valence-corrected chi connectivity index (χ4v) is 2.44. The predicted octanol–water partition coefficient (Wildman–Crippen LogP) is 2.00. The Morgan fingerprint density at radius 2 is 2.14 bits per heavy atom. The second-order valence-electron chi connectivity index (χ2n) is 5.09. The molecule has 0 unspecified atom stereocenters. The van der Waals surface area contributed by atoms with Crippen molar-refractivity contribution in [1.29, 1.82) is 0 Å². The Morgan fingerprint density at radius 1 is 1.36 bits per heavy atom. The van der Waals surface area contributed by atoms with Gasteiger partial charge in [0.15, 0.2) is 5.82 Å². The highest BCUT2D eigenvalue weighted by Crippen LogP contribution is 2.27. The van der Waals surface area contributed by atoms with E-state index in [-0.39, 0.29) is 16.7 Å². The second-order valence-corrected chi connectivity index (χ2v) is 5.49. The minimum atomic E-state index is -0.526. The van der Waals surface area contributed by atoms with Gasteiger partial charge in [0, 0.05) is 25.2 Å². The van der Waals surface area contributed by atoms with Crippen LogP contribution in [0.1, 0.15) is 0 Å². The topological polar surface area (TPSA) is 79.1 Å². The predicted molar refractivity (Wildman–Crippen MR) is 86.2 cm³/mol. The summed E-state index contributed by atoms with van der Waals surface area (Å²) in [5.74, 6) is 0.748. The summed E-state index contributed by atoms with van der Waals surface area (Å²) in [4.78, 5) is 10.4. The van der Waals surface area contributed by atoms with Crippen LogP contribution in [0.5, 0.6) is 0 Å². The van der Waals surface area contributed by atoms with Gasteiger partial charge in [-0.3, -0.25) is 0 Å². The molecule has 2 heterocycles. The van der Waals surface area contributed by atoms with Crippen LogP contribution in [-0.4, -0.2) is 36.1 Å². The Hall–Kier alpha value is -2.12. The average Bonchev–Trinajstić information content (AvgIpc) is 2.42. The number of benzene rings is 1. The molecule has 0 spiro atoms. The SMILES string of the molecule is CNC1CN(c2cc(Nc3cccc(Cl)c3F)nc(N)n2)C1. The Balaban J connectivity index is 1.82. The third-order valence-corrected chi connectivity index (χ3v) is 3.85. The lowest BCUT2D eigenvalue weighted by molar-refractivity contribution is 0.447. The fraction of sp³-hybridized carbons (Fsp3) is 0.286. The van der Waals surface area contributed by atoms with E-state index in [1.54, 1.807) is 18.2 Å². The molecule has 1 aromatic heterocycles. The number of nitrogen functional groups attached to an aromatic ring is 1. The zero-order valence-electron chi connectivity index (χ0n) is 12.0. The number of nitrogens with zero attached hydrogens (tertiary/aromatic N) is 3. The Bertz CT molecular complexity index is 689. The van der Waals surface area contributed by atoms with E-state index in [4.69, 9.17) is 17.3 Å². The van der Waals surface area contributed by atoms with E-state index >= 15 is 0 Å². The number of hydrogen-bond donors (Lipinski definition) is 3. The van der Waals surface area contributed by atoms with E-state index in [2.05, 4.69) is 25.5 Å². The van der Waals surface area contributed by atoms with Gasteiger partial charge < -0.3 is 21.3 Å². The lowest BCUT2D eigenvalue weighted by Gasteiger charge is -2.40. The molecule has 3 rings (SSSR count). The maximum Gasteiger partial charge on any atom is 0.223 e. The van der Waals surface area contributed by atoms with Gasteiger partial charge in [-0.25, -0.2) is 4.39 Å². The molecule has 1 aromatic carbocycles. The van der Waals surface area contributed by atoms with E-state index < -0.39 is 5.82 Å². The van der Waals surface area contributed by atoms with E-state index in [9.17, 15) is 4.39 Å². The molecule has 1 fully saturated rings. The van der Waals surface area contributed by atoms with Gasteiger partial charge in [0.1, 0.15) is 11.6 Å². The number of nitrogens with one attached hydrogen (secondary N) is 2. The summed E-state index contributed by atoms with van der Waals surface area (Å²) in [6.45, 7) is 1.69. The fourth-order valence-electron chi connectivity index (χ4n) is 2.27. The number of anilines is 4. The van der Waals surface area contributed by atoms with Gasteiger partial charge in [-0.2, -0.15) is 9.97 Å². The molecule has 2 aromatic rings. The van der Waals surface area contributed by atoms with Crippen molar-refractivity contribution in [3.05, 3.63) is 35.1 Å². The van der Waals surface area contributed by atoms with Crippen molar-refractivity contribution < 1.29 is 4.39 Å². The summed E-state index contributed by atoms with van der Waals surface area (Å²) >= 11 is 5.77. The highest BCUT2D eigenvalue weighted by Gasteiger charge is 2.26. The maximum absolute atomic E-state index is 13.9. The van der Waals surface area contributed by atoms with Crippen molar-refractivity contribution in [2.24, 2.45) is 0 Å². The molecule has 8 heteroatoms. The van der Waals surface area contributed by atoms with Crippen molar-refractivity contribution in [2.45, 2.75) is 6.04 Å². The number of likely N-dealkylation sites (N-methyl/N-ethyl adjacent to an activating group) is 1. The van der Waals surface area contributed by atoms with Gasteiger partial charge in [0.05, 0.1) is 10.7 Å². The molecule has 0 saturated carbocycles. The van der Waals surface area contributed by atoms with E-state index in [1.165, 1.54) is 6.07 Å². The van der Waals surface area contributed by atoms with Crippen LogP contribution in [0.3, 0.4) is 0 Å². The van der Waals surface area contributed by atoms with Gasteiger partial charge in [-0.1, -0.05) is 17.7 Å². The molecule has 0 atom stereocenters. The smallest absolute Gasteiger partial charge is 0.223 e. The molecule has 6 nitrogen and oxygen atoms in total. The Kier molecular flexibility index (Phi) is 4.00. The summed E-state index contributed by atoms with van der Waals surface area (Å²) in [5, 5.41) is 6.13. The molecule has 0 radical (unpaired) electrons. The molecule has 1 saturated heterocycles. The first-order valence-electron chi connectivity index (χ1n) is 6.84. The average molecular weight is 323 g/mol. The van der Waals surface area contributed by atoms with Gasteiger partial charge >= 0.3 is 0 Å². The van der Waals surface area contributed by atoms with E-state index in [0.717, 1.165) is 13.1 Å². The van der Waals surface area contributed by atoms with Gasteiger partial charge in [0.2, 0.25) is 5.95 Å². The van der Waals surface area contributed by atoms with Crippen molar-refractivity contribution in [2.75, 3.05) is 36.1 Å². The molecular formula is C14H16ClFN6. The molecule has 1 aliphatic rings. The zero-order valence-corrected chi connectivity index (χ0v) is 12.7. The number of aromatic nitrogens is 2. The summed E-state index contributed by atoms with van der Waals surface area (Å²) in [6, 6.07) is 6.91. The van der Waals surface area contributed by atoms with Gasteiger partial charge in [0.25, 0.3) is 0 Å².